The second-order valence-corrected chi connectivity index (χ2v) is 9.37. The molecule has 0 saturated heterocycles. The zero-order valence-electron chi connectivity index (χ0n) is 20.8. The Hall–Kier alpha value is -3.96. The highest BCUT2D eigenvalue weighted by Crippen LogP contribution is 2.48. The van der Waals surface area contributed by atoms with Crippen LogP contribution in [0.15, 0.2) is 24.7 Å². The number of hydrogen-bond acceptors (Lipinski definition) is 8. The smallest absolute Gasteiger partial charge is 0.309 e. The second kappa shape index (κ2) is 10.2. The summed E-state index contributed by atoms with van der Waals surface area (Å²) in [6.45, 7) is 2.41. The van der Waals surface area contributed by atoms with Gasteiger partial charge in [0.1, 0.15) is 17.2 Å². The number of pyridine rings is 1. The highest BCUT2D eigenvalue weighted by atomic mass is 19.1. The third-order valence-corrected chi connectivity index (χ3v) is 6.99. The summed E-state index contributed by atoms with van der Waals surface area (Å²) < 4.78 is 34.8. The molecule has 0 radical (unpaired) electrons. The highest BCUT2D eigenvalue weighted by Gasteiger charge is 2.43. The number of aromatic amines is 1. The summed E-state index contributed by atoms with van der Waals surface area (Å²) in [6, 6.07) is 1.27. The van der Waals surface area contributed by atoms with Gasteiger partial charge in [0.25, 0.3) is 0 Å². The van der Waals surface area contributed by atoms with E-state index < -0.39 is 11.6 Å². The summed E-state index contributed by atoms with van der Waals surface area (Å²) in [4.78, 5) is 23.8. The van der Waals surface area contributed by atoms with Crippen LogP contribution in [0.1, 0.15) is 32.6 Å². The summed E-state index contributed by atoms with van der Waals surface area (Å²) in [5.74, 6) is 0.869. The van der Waals surface area contributed by atoms with Gasteiger partial charge in [0.05, 0.1) is 30.3 Å². The molecule has 10 nitrogen and oxygen atoms in total. The number of nitrogens with zero attached hydrogens (tertiary/aromatic N) is 6. The third kappa shape index (κ3) is 4.87. The van der Waals surface area contributed by atoms with Crippen molar-refractivity contribution in [2.45, 2.75) is 32.6 Å². The number of carbonyl (C=O) groups excluding carboxylic acids is 1. The maximum absolute atomic E-state index is 14.6. The van der Waals surface area contributed by atoms with Crippen molar-refractivity contribution in [1.29, 1.82) is 0 Å². The first-order chi connectivity index (χ1) is 17.9. The molecule has 3 unspecified atom stereocenters. The number of fused-ring (bicyclic) bond motifs is 3. The van der Waals surface area contributed by atoms with E-state index in [9.17, 15) is 13.6 Å². The molecule has 0 aromatic carbocycles. The maximum atomic E-state index is 14.6. The van der Waals surface area contributed by atoms with E-state index in [1.807, 2.05) is 6.92 Å². The lowest BCUT2D eigenvalue weighted by Gasteiger charge is -2.19. The van der Waals surface area contributed by atoms with Crippen LogP contribution in [0, 0.1) is 29.4 Å². The molecule has 6 rings (SSSR count). The highest BCUT2D eigenvalue weighted by molar-refractivity contribution is 5.89. The minimum atomic E-state index is -0.604. The Morgan fingerprint density at radius 1 is 1.24 bits per heavy atom. The largest absolute Gasteiger partial charge is 0.466 e. The molecule has 0 aliphatic heterocycles. The van der Waals surface area contributed by atoms with Crippen LogP contribution in [-0.4, -0.2) is 54.6 Å². The van der Waals surface area contributed by atoms with Crippen LogP contribution in [0.4, 0.5) is 14.6 Å². The molecule has 2 aliphatic carbocycles. The molecule has 2 saturated carbocycles. The van der Waals surface area contributed by atoms with Crippen molar-refractivity contribution in [3.05, 3.63) is 36.3 Å². The first kappa shape index (κ1) is 24.7. The fourth-order valence-electron chi connectivity index (χ4n) is 5.29. The summed E-state index contributed by atoms with van der Waals surface area (Å²) in [7, 11) is 3.27. The number of halogens is 2. The topological polar surface area (TPSA) is 124 Å². The molecule has 0 spiro atoms. The zero-order chi connectivity index (χ0) is 26.1. The lowest BCUT2D eigenvalue weighted by molar-refractivity contribution is -0.149. The van der Waals surface area contributed by atoms with E-state index in [0.717, 1.165) is 18.5 Å². The zero-order valence-corrected chi connectivity index (χ0v) is 20.8. The molecule has 0 amide bonds. The van der Waals surface area contributed by atoms with Gasteiger partial charge in [0.15, 0.2) is 23.1 Å². The SMILES string of the molecule is CCOC(=O)C1CC2CCC1C2.CNc1nc(-c2[nH]nc3ncc(F)cc23)nc(-c2cnn(C)c2)c1F. The van der Waals surface area contributed by atoms with E-state index in [1.165, 1.54) is 31.5 Å². The molecule has 2 bridgehead atoms. The van der Waals surface area contributed by atoms with Gasteiger partial charge in [-0.05, 0) is 44.1 Å². The van der Waals surface area contributed by atoms with Gasteiger partial charge in [-0.2, -0.15) is 10.2 Å². The second-order valence-electron chi connectivity index (χ2n) is 9.37. The van der Waals surface area contributed by atoms with Gasteiger partial charge < -0.3 is 10.1 Å². The van der Waals surface area contributed by atoms with Gasteiger partial charge >= 0.3 is 5.97 Å². The average Bonchev–Trinajstić information content (AvgIpc) is 3.69. The molecular weight excluding hydrogens is 482 g/mol. The molecule has 2 fully saturated rings. The summed E-state index contributed by atoms with van der Waals surface area (Å²) in [5, 5.41) is 13.9. The van der Waals surface area contributed by atoms with E-state index in [2.05, 4.69) is 35.6 Å². The van der Waals surface area contributed by atoms with Crippen molar-refractivity contribution in [2.75, 3.05) is 19.0 Å². The maximum Gasteiger partial charge on any atom is 0.309 e. The summed E-state index contributed by atoms with van der Waals surface area (Å²) in [6.07, 6.45) is 9.20. The molecule has 4 aromatic heterocycles. The van der Waals surface area contributed by atoms with Crippen molar-refractivity contribution < 1.29 is 18.3 Å². The first-order valence-electron chi connectivity index (χ1n) is 12.3. The van der Waals surface area contributed by atoms with E-state index >= 15 is 0 Å². The van der Waals surface area contributed by atoms with Gasteiger partial charge in [-0.1, -0.05) is 6.42 Å². The fourth-order valence-corrected chi connectivity index (χ4v) is 5.29. The van der Waals surface area contributed by atoms with Crippen molar-refractivity contribution in [3.63, 3.8) is 0 Å². The molecule has 2 N–H and O–H groups in total. The number of anilines is 1. The van der Waals surface area contributed by atoms with Crippen LogP contribution < -0.4 is 5.32 Å². The molecule has 4 heterocycles. The third-order valence-electron chi connectivity index (χ3n) is 6.99. The lowest BCUT2D eigenvalue weighted by atomic mass is 9.89. The van der Waals surface area contributed by atoms with E-state index in [0.29, 0.717) is 34.8 Å². The van der Waals surface area contributed by atoms with Crippen molar-refractivity contribution in [3.8, 4) is 22.8 Å². The van der Waals surface area contributed by atoms with Crippen LogP contribution in [0.3, 0.4) is 0 Å². The Morgan fingerprint density at radius 3 is 2.73 bits per heavy atom. The Kier molecular flexibility index (Phi) is 6.81. The number of esters is 1. The van der Waals surface area contributed by atoms with Crippen LogP contribution in [-0.2, 0) is 16.6 Å². The normalized spacial score (nSPS) is 20.1. The quantitative estimate of drug-likeness (QED) is 0.384. The molecule has 2 aliphatic rings. The number of ether oxygens (including phenoxy) is 1. The Bertz CT molecular complexity index is 1440. The Balaban J connectivity index is 0.000000195. The first-order valence-corrected chi connectivity index (χ1v) is 12.3. The number of H-pyrrole nitrogens is 1. The number of rotatable bonds is 5. The van der Waals surface area contributed by atoms with E-state index in [4.69, 9.17) is 4.74 Å². The number of aryl methyl sites for hydroxylation is 1. The molecule has 37 heavy (non-hydrogen) atoms. The Morgan fingerprint density at radius 2 is 2.08 bits per heavy atom. The molecular formula is C25H28F2N8O2. The van der Waals surface area contributed by atoms with Crippen LogP contribution >= 0.6 is 0 Å². The van der Waals surface area contributed by atoms with Crippen molar-refractivity contribution in [1.82, 2.24) is 34.9 Å². The van der Waals surface area contributed by atoms with Gasteiger partial charge in [-0.25, -0.2) is 23.7 Å². The van der Waals surface area contributed by atoms with Crippen molar-refractivity contribution in [2.24, 2.45) is 24.8 Å². The number of hydrogen-bond donors (Lipinski definition) is 2. The Labute approximate surface area is 211 Å². The minimum Gasteiger partial charge on any atom is -0.466 e. The average molecular weight is 511 g/mol. The van der Waals surface area contributed by atoms with Crippen LogP contribution in [0.2, 0.25) is 0 Å². The summed E-state index contributed by atoms with van der Waals surface area (Å²) >= 11 is 0. The van der Waals surface area contributed by atoms with Gasteiger partial charge in [0.2, 0.25) is 0 Å². The molecule has 194 valence electrons. The predicted molar refractivity (Wildman–Crippen MR) is 132 cm³/mol. The monoisotopic (exact) mass is 510 g/mol. The molecule has 12 heteroatoms. The van der Waals surface area contributed by atoms with Gasteiger partial charge in [-0.15, -0.1) is 0 Å². The number of aromatic nitrogens is 7. The van der Waals surface area contributed by atoms with Gasteiger partial charge in [0, 0.05) is 25.9 Å². The minimum absolute atomic E-state index is 0.0102. The molecule has 3 atom stereocenters. The summed E-state index contributed by atoms with van der Waals surface area (Å²) in [5.41, 5.74) is 1.24. The van der Waals surface area contributed by atoms with E-state index in [-0.39, 0.29) is 29.2 Å². The number of carbonyl (C=O) groups is 1. The fraction of sp³-hybridized carbons (Fsp3) is 0.440. The molecule has 4 aromatic rings. The van der Waals surface area contributed by atoms with Crippen molar-refractivity contribution >= 4 is 22.8 Å². The number of nitrogens with one attached hydrogen (secondary N) is 2. The van der Waals surface area contributed by atoms with Gasteiger partial charge in [-0.3, -0.25) is 14.6 Å². The van der Waals surface area contributed by atoms with Crippen LogP contribution in [0.25, 0.3) is 33.8 Å². The van der Waals surface area contributed by atoms with Crippen LogP contribution in [0.5, 0.6) is 0 Å². The standard InChI is InChI=1S/C15H12F2N8.C10H16O2/c1-18-14-10(17)11(7-4-20-25(2)6-7)21-15(22-14)12-9-3-8(16)5-19-13(9)24-23-12;1-2-12-10(11)9-6-7-3-4-8(9)5-7/h3-6H,1-2H3,(H,18,21,22)(H,19,23,24);7-9H,2-6H2,1H3. The predicted octanol–water partition coefficient (Wildman–Crippen LogP) is 4.12. The lowest BCUT2D eigenvalue weighted by Crippen LogP contribution is -2.23. The van der Waals surface area contributed by atoms with E-state index in [1.54, 1.807) is 25.0 Å².